The first kappa shape index (κ1) is 28.9. The van der Waals surface area contributed by atoms with Gasteiger partial charge in [0, 0.05) is 37.9 Å². The van der Waals surface area contributed by atoms with Crippen LogP contribution < -0.4 is 0 Å². The minimum atomic E-state index is 0. The number of benzene rings is 5. The molecule has 3 nitrogen and oxygen atoms in total. The average Bonchev–Trinajstić information content (AvgIpc) is 3.48. The van der Waals surface area contributed by atoms with E-state index in [1.165, 1.54) is 22.3 Å². The van der Waals surface area contributed by atoms with Crippen LogP contribution in [0.4, 0.5) is 0 Å². The third-order valence-corrected chi connectivity index (χ3v) is 7.31. The van der Waals surface area contributed by atoms with Gasteiger partial charge in [0.05, 0.1) is 5.58 Å². The molecule has 0 amide bonds. The van der Waals surface area contributed by atoms with E-state index in [1.54, 1.807) is 12.4 Å². The number of nitrogens with zero attached hydrogens (tertiary/aromatic N) is 2. The molecule has 0 aliphatic carbocycles. The standard InChI is InChI=1S/C23H14NO.C17H12N.Ir/c1-2-7-16(8-3-1)17-12-13-22-20(15-17)18-9-6-10-19(23(18)25-22)21-11-4-5-14-24-21;1-2-7-14(8-3-1)15-9-6-10-16(13-15)17-11-4-5-12-18-17;/h1-9,11-15H;1-9,11-13H;/q2*-1;. The molecule has 0 saturated heterocycles. The van der Waals surface area contributed by atoms with Gasteiger partial charge in [0.1, 0.15) is 5.58 Å². The molecule has 44 heavy (non-hydrogen) atoms. The smallest absolute Gasteiger partial charge is 0.120 e. The number of hydrogen-bond acceptors (Lipinski definition) is 3. The molecule has 3 aromatic heterocycles. The molecular weight excluding hydrogens is 717 g/mol. The van der Waals surface area contributed by atoms with Crippen molar-refractivity contribution in [3.63, 3.8) is 0 Å². The van der Waals surface area contributed by atoms with Crippen LogP contribution >= 0.6 is 0 Å². The van der Waals surface area contributed by atoms with Gasteiger partial charge < -0.3 is 14.4 Å². The summed E-state index contributed by atoms with van der Waals surface area (Å²) in [4.78, 5) is 8.80. The Morgan fingerprint density at radius 3 is 1.75 bits per heavy atom. The van der Waals surface area contributed by atoms with Crippen molar-refractivity contribution in [2.24, 2.45) is 0 Å². The molecule has 0 aliphatic rings. The molecular formula is C40H26IrN2O-2. The molecule has 5 aromatic carbocycles. The fraction of sp³-hybridized carbons (Fsp3) is 0. The SMILES string of the molecule is [Ir].[c-]1ccc(-c2ccccc2)cc1-c1ccccn1.[c-]1ccc2c(oc3ccc(-c4ccccc4)cc32)c1-c1ccccn1. The summed E-state index contributed by atoms with van der Waals surface area (Å²) >= 11 is 0. The quantitative estimate of drug-likeness (QED) is 0.169. The van der Waals surface area contributed by atoms with Crippen LogP contribution in [0.1, 0.15) is 0 Å². The summed E-state index contributed by atoms with van der Waals surface area (Å²) in [5.74, 6) is 0. The summed E-state index contributed by atoms with van der Waals surface area (Å²) in [6.07, 6.45) is 3.59. The zero-order valence-corrected chi connectivity index (χ0v) is 26.0. The Labute approximate surface area is 270 Å². The van der Waals surface area contributed by atoms with Crippen LogP contribution in [0.3, 0.4) is 0 Å². The summed E-state index contributed by atoms with van der Waals surface area (Å²) in [6.45, 7) is 0. The Morgan fingerprint density at radius 1 is 0.477 bits per heavy atom. The van der Waals surface area contributed by atoms with E-state index in [9.17, 15) is 0 Å². The first-order valence-electron chi connectivity index (χ1n) is 14.2. The number of hydrogen-bond donors (Lipinski definition) is 0. The molecule has 8 rings (SSSR count). The zero-order valence-electron chi connectivity index (χ0n) is 23.6. The Bertz CT molecular complexity index is 2060. The van der Waals surface area contributed by atoms with Gasteiger partial charge in [0.15, 0.2) is 0 Å². The van der Waals surface area contributed by atoms with Crippen LogP contribution in [0.15, 0.2) is 162 Å². The van der Waals surface area contributed by atoms with E-state index >= 15 is 0 Å². The second-order valence-electron chi connectivity index (χ2n) is 10.1. The van der Waals surface area contributed by atoms with Gasteiger partial charge in [-0.3, -0.25) is 0 Å². The van der Waals surface area contributed by atoms with E-state index in [-0.39, 0.29) is 20.1 Å². The van der Waals surface area contributed by atoms with Crippen molar-refractivity contribution < 1.29 is 24.5 Å². The Balaban J connectivity index is 0.000000161. The van der Waals surface area contributed by atoms with Gasteiger partial charge in [-0.2, -0.15) is 0 Å². The van der Waals surface area contributed by atoms with Crippen molar-refractivity contribution >= 4 is 21.9 Å². The topological polar surface area (TPSA) is 38.9 Å². The molecule has 0 atom stereocenters. The number of pyridine rings is 2. The summed E-state index contributed by atoms with van der Waals surface area (Å²) in [6, 6.07) is 55.5. The van der Waals surface area contributed by atoms with Crippen LogP contribution in [0.2, 0.25) is 0 Å². The van der Waals surface area contributed by atoms with Crippen molar-refractivity contribution in [1.29, 1.82) is 0 Å². The molecule has 0 fully saturated rings. The van der Waals surface area contributed by atoms with Gasteiger partial charge in [-0.05, 0) is 52.3 Å². The zero-order chi connectivity index (χ0) is 28.8. The van der Waals surface area contributed by atoms with Gasteiger partial charge in [0.2, 0.25) is 0 Å². The average molecular weight is 743 g/mol. The van der Waals surface area contributed by atoms with Crippen molar-refractivity contribution in [2.75, 3.05) is 0 Å². The molecule has 213 valence electrons. The summed E-state index contributed by atoms with van der Waals surface area (Å²) in [5.41, 5.74) is 10.2. The van der Waals surface area contributed by atoms with Crippen molar-refractivity contribution in [3.05, 3.63) is 170 Å². The maximum atomic E-state index is 6.16. The van der Waals surface area contributed by atoms with Crippen molar-refractivity contribution in [1.82, 2.24) is 9.97 Å². The Hall–Kier alpha value is -5.15. The van der Waals surface area contributed by atoms with Crippen LogP contribution in [0.25, 0.3) is 66.7 Å². The molecule has 8 aromatic rings. The molecule has 0 bridgehead atoms. The fourth-order valence-electron chi connectivity index (χ4n) is 5.20. The summed E-state index contributed by atoms with van der Waals surface area (Å²) in [5, 5.41) is 2.20. The maximum Gasteiger partial charge on any atom is 0.120 e. The van der Waals surface area contributed by atoms with Crippen LogP contribution in [0.5, 0.6) is 0 Å². The Morgan fingerprint density at radius 2 is 1.09 bits per heavy atom. The monoisotopic (exact) mass is 743 g/mol. The first-order chi connectivity index (χ1) is 21.3. The first-order valence-corrected chi connectivity index (χ1v) is 14.2. The third-order valence-electron chi connectivity index (χ3n) is 7.31. The molecule has 3 heterocycles. The van der Waals surface area contributed by atoms with E-state index in [2.05, 4.69) is 88.8 Å². The second kappa shape index (κ2) is 13.4. The molecule has 0 spiro atoms. The van der Waals surface area contributed by atoms with E-state index in [1.807, 2.05) is 78.9 Å². The largest absolute Gasteiger partial charge is 0.501 e. The van der Waals surface area contributed by atoms with Crippen molar-refractivity contribution in [3.8, 4) is 44.8 Å². The molecule has 4 heteroatoms. The predicted molar refractivity (Wildman–Crippen MR) is 175 cm³/mol. The van der Waals surface area contributed by atoms with Crippen LogP contribution in [-0.4, -0.2) is 9.97 Å². The van der Waals surface area contributed by atoms with Gasteiger partial charge in [-0.15, -0.1) is 53.6 Å². The number of rotatable bonds is 4. The number of aromatic nitrogens is 2. The van der Waals surface area contributed by atoms with Gasteiger partial charge in [0.25, 0.3) is 0 Å². The van der Waals surface area contributed by atoms with E-state index in [0.717, 1.165) is 44.5 Å². The second-order valence-corrected chi connectivity index (χ2v) is 10.1. The Kier molecular flexibility index (Phi) is 8.84. The van der Waals surface area contributed by atoms with Gasteiger partial charge in [-0.1, -0.05) is 102 Å². The molecule has 1 radical (unpaired) electrons. The van der Waals surface area contributed by atoms with Gasteiger partial charge in [-0.25, -0.2) is 0 Å². The third kappa shape index (κ3) is 6.14. The number of furan rings is 1. The minimum Gasteiger partial charge on any atom is -0.501 e. The summed E-state index contributed by atoms with van der Waals surface area (Å²) in [7, 11) is 0. The minimum absolute atomic E-state index is 0. The van der Waals surface area contributed by atoms with Crippen molar-refractivity contribution in [2.45, 2.75) is 0 Å². The number of fused-ring (bicyclic) bond motifs is 3. The molecule has 0 aliphatic heterocycles. The normalized spacial score (nSPS) is 10.5. The maximum absolute atomic E-state index is 6.16. The van der Waals surface area contributed by atoms with Crippen LogP contribution in [0, 0.1) is 12.1 Å². The fourth-order valence-corrected chi connectivity index (χ4v) is 5.20. The molecule has 0 unspecified atom stereocenters. The van der Waals surface area contributed by atoms with E-state index < -0.39 is 0 Å². The molecule has 0 N–H and O–H groups in total. The van der Waals surface area contributed by atoms with Crippen LogP contribution in [-0.2, 0) is 20.1 Å². The van der Waals surface area contributed by atoms with E-state index in [0.29, 0.717) is 0 Å². The summed E-state index contributed by atoms with van der Waals surface area (Å²) < 4.78 is 6.16. The molecule has 0 saturated carbocycles. The van der Waals surface area contributed by atoms with E-state index in [4.69, 9.17) is 4.42 Å². The van der Waals surface area contributed by atoms with Gasteiger partial charge >= 0.3 is 0 Å². The predicted octanol–water partition coefficient (Wildman–Crippen LogP) is 10.3.